The van der Waals surface area contributed by atoms with Crippen LogP contribution in [0.2, 0.25) is 0 Å². The van der Waals surface area contributed by atoms with Gasteiger partial charge in [-0.05, 0) is 36.3 Å². The highest BCUT2D eigenvalue weighted by Gasteiger charge is 2.52. The largest absolute Gasteiger partial charge is 0.321 e. The van der Waals surface area contributed by atoms with Crippen LogP contribution < -0.4 is 5.73 Å². The molecular weight excluding hydrogens is 250 g/mol. The highest BCUT2D eigenvalue weighted by atomic mass is 79.9. The Balaban J connectivity index is 2.16. The summed E-state index contributed by atoms with van der Waals surface area (Å²) >= 11 is 3.59. The summed E-state index contributed by atoms with van der Waals surface area (Å²) in [5.74, 6) is 1.40. The first-order valence-corrected chi connectivity index (χ1v) is 6.37. The zero-order valence-electron chi connectivity index (χ0n) is 9.33. The lowest BCUT2D eigenvalue weighted by Gasteiger charge is -2.15. The molecule has 1 aromatic rings. The maximum atomic E-state index is 6.43. The molecule has 2 unspecified atom stereocenters. The van der Waals surface area contributed by atoms with Gasteiger partial charge in [-0.25, -0.2) is 0 Å². The van der Waals surface area contributed by atoms with Crippen LogP contribution in [0.3, 0.4) is 0 Å². The molecule has 0 heterocycles. The monoisotopic (exact) mass is 267 g/mol. The minimum absolute atomic E-state index is 0.0651. The van der Waals surface area contributed by atoms with E-state index in [1.165, 1.54) is 12.0 Å². The Kier molecular flexibility index (Phi) is 2.91. The molecule has 82 valence electrons. The van der Waals surface area contributed by atoms with E-state index in [0.29, 0.717) is 5.92 Å². The van der Waals surface area contributed by atoms with Gasteiger partial charge in [0.2, 0.25) is 0 Å². The minimum atomic E-state index is -0.0651. The van der Waals surface area contributed by atoms with Crippen LogP contribution in [0, 0.1) is 11.8 Å². The first-order chi connectivity index (χ1) is 7.04. The molecule has 1 aromatic carbocycles. The van der Waals surface area contributed by atoms with Gasteiger partial charge >= 0.3 is 0 Å². The summed E-state index contributed by atoms with van der Waals surface area (Å²) < 4.78 is 1.15. The van der Waals surface area contributed by atoms with Crippen LogP contribution in [-0.4, -0.2) is 0 Å². The zero-order chi connectivity index (χ0) is 11.1. The second-order valence-corrected chi connectivity index (χ2v) is 5.91. The number of benzene rings is 1. The molecule has 1 saturated carbocycles. The molecule has 1 aliphatic carbocycles. The molecule has 0 saturated heterocycles. The third kappa shape index (κ3) is 2.11. The predicted octanol–water partition coefficient (Wildman–Crippen LogP) is 3.67. The van der Waals surface area contributed by atoms with E-state index >= 15 is 0 Å². The third-order valence-corrected chi connectivity index (χ3v) is 3.98. The van der Waals surface area contributed by atoms with Gasteiger partial charge in [0.1, 0.15) is 0 Å². The Bertz CT molecular complexity index is 361. The van der Waals surface area contributed by atoms with Gasteiger partial charge in [0.25, 0.3) is 0 Å². The van der Waals surface area contributed by atoms with Crippen LogP contribution in [0.25, 0.3) is 0 Å². The Morgan fingerprint density at radius 2 is 2.13 bits per heavy atom. The fraction of sp³-hybridized carbons (Fsp3) is 0.538. The SMILES string of the molecule is CC(C)CC1CC1(N)c1ccccc1Br. The van der Waals surface area contributed by atoms with Crippen LogP contribution in [0.4, 0.5) is 0 Å². The van der Waals surface area contributed by atoms with Crippen molar-refractivity contribution >= 4 is 15.9 Å². The highest BCUT2D eigenvalue weighted by molar-refractivity contribution is 9.10. The van der Waals surface area contributed by atoms with Crippen molar-refractivity contribution in [1.29, 1.82) is 0 Å². The van der Waals surface area contributed by atoms with E-state index in [0.717, 1.165) is 16.8 Å². The van der Waals surface area contributed by atoms with Crippen molar-refractivity contribution in [2.24, 2.45) is 17.6 Å². The summed E-state index contributed by atoms with van der Waals surface area (Å²) in [6.45, 7) is 4.53. The van der Waals surface area contributed by atoms with Gasteiger partial charge in [-0.15, -0.1) is 0 Å². The highest BCUT2D eigenvalue weighted by Crippen LogP contribution is 2.54. The van der Waals surface area contributed by atoms with Crippen LogP contribution in [0.5, 0.6) is 0 Å². The fourth-order valence-corrected chi connectivity index (χ4v) is 3.03. The number of hydrogen-bond donors (Lipinski definition) is 1. The molecule has 2 N–H and O–H groups in total. The van der Waals surface area contributed by atoms with Crippen LogP contribution in [-0.2, 0) is 5.54 Å². The van der Waals surface area contributed by atoms with Crippen LogP contribution in [0.1, 0.15) is 32.3 Å². The van der Waals surface area contributed by atoms with E-state index in [9.17, 15) is 0 Å². The fourth-order valence-electron chi connectivity index (χ4n) is 2.38. The molecule has 2 heteroatoms. The van der Waals surface area contributed by atoms with Crippen molar-refractivity contribution in [3.05, 3.63) is 34.3 Å². The van der Waals surface area contributed by atoms with Crippen molar-refractivity contribution < 1.29 is 0 Å². The molecule has 15 heavy (non-hydrogen) atoms. The van der Waals surface area contributed by atoms with Gasteiger partial charge in [0.15, 0.2) is 0 Å². The lowest BCUT2D eigenvalue weighted by atomic mass is 9.98. The normalized spacial score (nSPS) is 29.5. The maximum Gasteiger partial charge on any atom is 0.0453 e. The quantitative estimate of drug-likeness (QED) is 0.889. The van der Waals surface area contributed by atoms with E-state index in [2.05, 4.69) is 48.0 Å². The van der Waals surface area contributed by atoms with Crippen LogP contribution >= 0.6 is 15.9 Å². The number of nitrogens with two attached hydrogens (primary N) is 1. The Hall–Kier alpha value is -0.340. The topological polar surface area (TPSA) is 26.0 Å². The number of hydrogen-bond acceptors (Lipinski definition) is 1. The van der Waals surface area contributed by atoms with Crippen molar-refractivity contribution in [1.82, 2.24) is 0 Å². The molecule has 0 spiro atoms. The van der Waals surface area contributed by atoms with Crippen LogP contribution in [0.15, 0.2) is 28.7 Å². The van der Waals surface area contributed by atoms with Gasteiger partial charge in [0, 0.05) is 10.0 Å². The molecular formula is C13H18BrN. The van der Waals surface area contributed by atoms with Crippen molar-refractivity contribution in [2.45, 2.75) is 32.2 Å². The number of halogens is 1. The predicted molar refractivity (Wildman–Crippen MR) is 67.6 cm³/mol. The summed E-state index contributed by atoms with van der Waals surface area (Å²) in [4.78, 5) is 0. The minimum Gasteiger partial charge on any atom is -0.321 e. The second-order valence-electron chi connectivity index (χ2n) is 5.05. The Morgan fingerprint density at radius 3 is 2.73 bits per heavy atom. The van der Waals surface area contributed by atoms with Crippen molar-refractivity contribution in [3.63, 3.8) is 0 Å². The van der Waals surface area contributed by atoms with E-state index in [4.69, 9.17) is 5.73 Å². The van der Waals surface area contributed by atoms with Gasteiger partial charge < -0.3 is 5.73 Å². The maximum absolute atomic E-state index is 6.43. The summed E-state index contributed by atoms with van der Waals surface area (Å²) in [5.41, 5.74) is 7.64. The summed E-state index contributed by atoms with van der Waals surface area (Å²) in [7, 11) is 0. The molecule has 1 nitrogen and oxygen atoms in total. The lowest BCUT2D eigenvalue weighted by Crippen LogP contribution is -2.23. The molecule has 0 amide bonds. The van der Waals surface area contributed by atoms with E-state index < -0.39 is 0 Å². The molecule has 0 aromatic heterocycles. The molecule has 2 rings (SSSR count). The van der Waals surface area contributed by atoms with Gasteiger partial charge in [0.05, 0.1) is 0 Å². The second kappa shape index (κ2) is 3.91. The molecule has 1 fully saturated rings. The first-order valence-electron chi connectivity index (χ1n) is 5.58. The first kappa shape index (κ1) is 11.2. The smallest absolute Gasteiger partial charge is 0.0453 e. The summed E-state index contributed by atoms with van der Waals surface area (Å²) in [5, 5.41) is 0. The number of rotatable bonds is 3. The molecule has 0 aliphatic heterocycles. The van der Waals surface area contributed by atoms with Gasteiger partial charge in [-0.1, -0.05) is 48.0 Å². The molecule has 1 aliphatic rings. The Labute approximate surface area is 100 Å². The molecule has 0 radical (unpaired) electrons. The van der Waals surface area contributed by atoms with Crippen molar-refractivity contribution in [2.75, 3.05) is 0 Å². The average Bonchev–Trinajstić information content (AvgIpc) is 2.77. The molecule has 2 atom stereocenters. The average molecular weight is 268 g/mol. The molecule has 0 bridgehead atoms. The summed E-state index contributed by atoms with van der Waals surface area (Å²) in [6, 6.07) is 8.33. The zero-order valence-corrected chi connectivity index (χ0v) is 10.9. The lowest BCUT2D eigenvalue weighted by molar-refractivity contribution is 0.490. The van der Waals surface area contributed by atoms with E-state index in [-0.39, 0.29) is 5.54 Å². The van der Waals surface area contributed by atoms with Crippen molar-refractivity contribution in [3.8, 4) is 0 Å². The third-order valence-electron chi connectivity index (χ3n) is 3.28. The Morgan fingerprint density at radius 1 is 1.47 bits per heavy atom. The standard InChI is InChI=1S/C13H18BrN/c1-9(2)7-10-8-13(10,15)11-5-3-4-6-12(11)14/h3-6,9-10H,7-8,15H2,1-2H3. The van der Waals surface area contributed by atoms with Gasteiger partial charge in [-0.2, -0.15) is 0 Å². The van der Waals surface area contributed by atoms with E-state index in [1.54, 1.807) is 0 Å². The van der Waals surface area contributed by atoms with Gasteiger partial charge in [-0.3, -0.25) is 0 Å². The summed E-state index contributed by atoms with van der Waals surface area (Å²) in [6.07, 6.45) is 2.37. The van der Waals surface area contributed by atoms with E-state index in [1.807, 2.05) is 6.07 Å².